The Morgan fingerprint density at radius 2 is 1.96 bits per heavy atom. The van der Waals surface area contributed by atoms with Gasteiger partial charge in [0.2, 0.25) is 0 Å². The number of nitrogens with zero attached hydrogens (tertiary/aromatic N) is 1. The number of amides is 1. The van der Waals surface area contributed by atoms with E-state index in [1.54, 1.807) is 23.7 Å². The van der Waals surface area contributed by atoms with Crippen LogP contribution in [-0.2, 0) is 0 Å². The fourth-order valence-electron chi connectivity index (χ4n) is 2.54. The molecule has 0 saturated carbocycles. The van der Waals surface area contributed by atoms with E-state index >= 15 is 0 Å². The number of carbonyl (C=O) groups excluding carboxylic acids is 1. The normalized spacial score (nSPS) is 13.1. The van der Waals surface area contributed by atoms with Gasteiger partial charge in [-0.15, -0.1) is 0 Å². The molecule has 0 fully saturated rings. The Labute approximate surface area is 130 Å². The smallest absolute Gasteiger partial charge is 0.274 e. The van der Waals surface area contributed by atoms with E-state index in [1.807, 2.05) is 18.2 Å². The Hall–Kier alpha value is -3.06. The van der Waals surface area contributed by atoms with E-state index in [1.165, 1.54) is 0 Å². The number of fused-ring (bicyclic) bond motifs is 2. The van der Waals surface area contributed by atoms with E-state index in [4.69, 9.17) is 14.7 Å². The molecule has 7 nitrogen and oxygen atoms in total. The molecule has 1 aromatic heterocycles. The van der Waals surface area contributed by atoms with Crippen molar-refractivity contribution in [3.05, 3.63) is 42.0 Å². The summed E-state index contributed by atoms with van der Waals surface area (Å²) in [5, 5.41) is 8.70. The lowest BCUT2D eigenvalue weighted by Gasteiger charge is -2.18. The number of H-pyrrole nitrogens is 1. The van der Waals surface area contributed by atoms with Gasteiger partial charge in [0.15, 0.2) is 11.5 Å². The predicted molar refractivity (Wildman–Crippen MR) is 81.8 cm³/mol. The molecule has 0 saturated heterocycles. The number of rotatable bonds is 2. The summed E-state index contributed by atoms with van der Waals surface area (Å²) in [6.45, 7) is 1.07. The maximum atomic E-state index is 11.5. The number of carbonyl (C=O) groups is 1. The van der Waals surface area contributed by atoms with Crippen molar-refractivity contribution in [3.8, 4) is 22.9 Å². The third-order valence-electron chi connectivity index (χ3n) is 3.66. The summed E-state index contributed by atoms with van der Waals surface area (Å²) in [5.74, 6) is 1.51. The molecule has 7 heteroatoms. The van der Waals surface area contributed by atoms with E-state index in [-0.39, 0.29) is 0 Å². The molecule has 2 heterocycles. The Bertz CT molecular complexity index is 903. The van der Waals surface area contributed by atoms with Crippen LogP contribution >= 0.6 is 0 Å². The summed E-state index contributed by atoms with van der Waals surface area (Å²) in [7, 11) is 0. The summed E-state index contributed by atoms with van der Waals surface area (Å²) in [6, 6.07) is 10.6. The Morgan fingerprint density at radius 1 is 1.13 bits per heavy atom. The second-order valence-corrected chi connectivity index (χ2v) is 5.12. The first-order valence-corrected chi connectivity index (χ1v) is 7.09. The van der Waals surface area contributed by atoms with Crippen molar-refractivity contribution < 1.29 is 19.5 Å². The molecule has 3 N–H and O–H groups in total. The standard InChI is InChI=1S/C16H13N3O4/c20-16(19-21)10-1-3-11-12(7-10)18-15(17-11)9-2-4-13-14(8-9)23-6-5-22-13/h1-4,7-8,21H,5-6H2,(H,17,18)(H,19,20). The molecular formula is C16H13N3O4. The van der Waals surface area contributed by atoms with Crippen LogP contribution in [0, 0.1) is 0 Å². The van der Waals surface area contributed by atoms with Gasteiger partial charge in [0.05, 0.1) is 11.0 Å². The average molecular weight is 311 g/mol. The molecule has 116 valence electrons. The summed E-state index contributed by atoms with van der Waals surface area (Å²) in [5.41, 5.74) is 4.25. The van der Waals surface area contributed by atoms with Crippen LogP contribution in [-0.4, -0.2) is 34.3 Å². The van der Waals surface area contributed by atoms with Crippen LogP contribution in [0.25, 0.3) is 22.4 Å². The minimum absolute atomic E-state index is 0.345. The van der Waals surface area contributed by atoms with E-state index < -0.39 is 5.91 Å². The number of hydrogen-bond acceptors (Lipinski definition) is 5. The summed E-state index contributed by atoms with van der Waals surface area (Å²) in [6.07, 6.45) is 0. The monoisotopic (exact) mass is 311 g/mol. The van der Waals surface area contributed by atoms with Gasteiger partial charge in [0.1, 0.15) is 19.0 Å². The second-order valence-electron chi connectivity index (χ2n) is 5.12. The predicted octanol–water partition coefficient (Wildman–Crippen LogP) is 2.12. The zero-order chi connectivity index (χ0) is 15.8. The maximum Gasteiger partial charge on any atom is 0.274 e. The highest BCUT2D eigenvalue weighted by atomic mass is 16.6. The van der Waals surface area contributed by atoms with Crippen molar-refractivity contribution in [3.63, 3.8) is 0 Å². The molecular weight excluding hydrogens is 298 g/mol. The number of imidazole rings is 1. The lowest BCUT2D eigenvalue weighted by Crippen LogP contribution is -2.18. The van der Waals surface area contributed by atoms with Crippen molar-refractivity contribution in [1.82, 2.24) is 15.4 Å². The molecule has 4 rings (SSSR count). The highest BCUT2D eigenvalue weighted by Crippen LogP contribution is 2.34. The Morgan fingerprint density at radius 3 is 2.78 bits per heavy atom. The van der Waals surface area contributed by atoms with Crippen LogP contribution in [0.3, 0.4) is 0 Å². The third kappa shape index (κ3) is 2.36. The maximum absolute atomic E-state index is 11.5. The van der Waals surface area contributed by atoms with Crippen LogP contribution < -0.4 is 15.0 Å². The number of ether oxygens (including phenoxy) is 2. The van der Waals surface area contributed by atoms with Gasteiger partial charge in [-0.2, -0.15) is 0 Å². The largest absolute Gasteiger partial charge is 0.486 e. The second kappa shape index (κ2) is 5.29. The number of aromatic nitrogens is 2. The molecule has 2 aromatic carbocycles. The fourth-order valence-corrected chi connectivity index (χ4v) is 2.54. The highest BCUT2D eigenvalue weighted by molar-refractivity contribution is 5.97. The minimum atomic E-state index is -0.567. The molecule has 0 aliphatic carbocycles. The number of benzene rings is 2. The van der Waals surface area contributed by atoms with Gasteiger partial charge in [-0.05, 0) is 36.4 Å². The van der Waals surface area contributed by atoms with E-state index in [2.05, 4.69) is 9.97 Å². The van der Waals surface area contributed by atoms with Crippen LogP contribution in [0.15, 0.2) is 36.4 Å². The Balaban J connectivity index is 1.75. The molecule has 1 aliphatic heterocycles. The van der Waals surface area contributed by atoms with E-state index in [0.717, 1.165) is 16.8 Å². The molecule has 0 spiro atoms. The molecule has 3 aromatic rings. The lowest BCUT2D eigenvalue weighted by molar-refractivity contribution is 0.0706. The summed E-state index contributed by atoms with van der Waals surface area (Å²) in [4.78, 5) is 19.1. The third-order valence-corrected chi connectivity index (χ3v) is 3.66. The lowest BCUT2D eigenvalue weighted by atomic mass is 10.2. The topological polar surface area (TPSA) is 96.5 Å². The van der Waals surface area contributed by atoms with Gasteiger partial charge in [-0.3, -0.25) is 10.0 Å². The average Bonchev–Trinajstić information content (AvgIpc) is 3.03. The molecule has 0 bridgehead atoms. The molecule has 0 unspecified atom stereocenters. The Kier molecular flexibility index (Phi) is 3.13. The first kappa shape index (κ1) is 13.6. The van der Waals surface area contributed by atoms with Gasteiger partial charge in [-0.25, -0.2) is 10.5 Å². The van der Waals surface area contributed by atoms with Crippen molar-refractivity contribution >= 4 is 16.9 Å². The zero-order valence-corrected chi connectivity index (χ0v) is 12.0. The number of nitrogens with one attached hydrogen (secondary N) is 2. The quantitative estimate of drug-likeness (QED) is 0.497. The number of hydroxylamine groups is 1. The molecule has 1 amide bonds. The zero-order valence-electron chi connectivity index (χ0n) is 12.0. The van der Waals surface area contributed by atoms with Gasteiger partial charge >= 0.3 is 0 Å². The summed E-state index contributed by atoms with van der Waals surface area (Å²) < 4.78 is 11.1. The highest BCUT2D eigenvalue weighted by Gasteiger charge is 2.14. The SMILES string of the molecule is O=C(NO)c1ccc2nc(-c3ccc4c(c3)OCCO4)[nH]c2c1. The van der Waals surface area contributed by atoms with Gasteiger partial charge < -0.3 is 14.5 Å². The molecule has 0 radical (unpaired) electrons. The van der Waals surface area contributed by atoms with Gasteiger partial charge in [0, 0.05) is 11.1 Å². The molecule has 1 aliphatic rings. The first-order chi connectivity index (χ1) is 11.2. The summed E-state index contributed by atoms with van der Waals surface area (Å²) >= 11 is 0. The van der Waals surface area contributed by atoms with E-state index in [0.29, 0.717) is 35.9 Å². The van der Waals surface area contributed by atoms with Crippen LogP contribution in [0.1, 0.15) is 10.4 Å². The minimum Gasteiger partial charge on any atom is -0.486 e. The van der Waals surface area contributed by atoms with Crippen molar-refractivity contribution in [1.29, 1.82) is 0 Å². The van der Waals surface area contributed by atoms with E-state index in [9.17, 15) is 4.79 Å². The van der Waals surface area contributed by atoms with Crippen molar-refractivity contribution in [2.45, 2.75) is 0 Å². The van der Waals surface area contributed by atoms with Crippen LogP contribution in [0.4, 0.5) is 0 Å². The number of aromatic amines is 1. The fraction of sp³-hybridized carbons (Fsp3) is 0.125. The van der Waals surface area contributed by atoms with Crippen molar-refractivity contribution in [2.75, 3.05) is 13.2 Å². The van der Waals surface area contributed by atoms with Gasteiger partial charge in [-0.1, -0.05) is 0 Å². The van der Waals surface area contributed by atoms with Crippen molar-refractivity contribution in [2.24, 2.45) is 0 Å². The molecule has 0 atom stereocenters. The van der Waals surface area contributed by atoms with Crippen LogP contribution in [0.2, 0.25) is 0 Å². The van der Waals surface area contributed by atoms with Gasteiger partial charge in [0.25, 0.3) is 5.91 Å². The first-order valence-electron chi connectivity index (χ1n) is 7.09. The number of hydrogen-bond donors (Lipinski definition) is 3. The van der Waals surface area contributed by atoms with Crippen LogP contribution in [0.5, 0.6) is 11.5 Å². The molecule has 23 heavy (non-hydrogen) atoms.